The van der Waals surface area contributed by atoms with Gasteiger partial charge < -0.3 is 0 Å². The lowest BCUT2D eigenvalue weighted by Gasteiger charge is -1.81. The second kappa shape index (κ2) is 5.52. The van der Waals surface area contributed by atoms with E-state index in [0.717, 1.165) is 15.0 Å². The van der Waals surface area contributed by atoms with Gasteiger partial charge in [-0.05, 0) is 24.6 Å². The van der Waals surface area contributed by atoms with Gasteiger partial charge in [-0.25, -0.2) is 0 Å². The van der Waals surface area contributed by atoms with Gasteiger partial charge in [0, 0.05) is 0 Å². The average Bonchev–Trinajstić information content (AvgIpc) is 1.61. The molecule has 0 heterocycles. The highest BCUT2D eigenvalue weighted by molar-refractivity contribution is 7.79. The fourth-order valence-corrected chi connectivity index (χ4v) is 0.963. The molecule has 0 aliphatic rings. The van der Waals surface area contributed by atoms with E-state index in [1.54, 1.807) is 5.37 Å². The summed E-state index contributed by atoms with van der Waals surface area (Å²) in [5, 5.41) is 1.80. The van der Waals surface area contributed by atoms with Crippen LogP contribution in [-0.4, -0.2) is 18.2 Å². The average molecular weight is 120 g/mol. The molecule has 36 valence electrons. The van der Waals surface area contributed by atoms with Crippen molar-refractivity contribution in [3.05, 3.63) is 0 Å². The van der Waals surface area contributed by atoms with Gasteiger partial charge in [0.25, 0.3) is 0 Å². The highest BCUT2D eigenvalue weighted by Gasteiger charge is 1.71. The zero-order chi connectivity index (χ0) is 4.83. The molecule has 1 atom stereocenters. The molecule has 0 aromatic heterocycles. The Morgan fingerprint density at radius 2 is 2.50 bits per heavy atom. The van der Waals surface area contributed by atoms with Crippen molar-refractivity contribution in [2.45, 2.75) is 6.42 Å². The Kier molecular flexibility index (Phi) is 6.00. The highest BCUT2D eigenvalue weighted by atomic mass is 32.1. The van der Waals surface area contributed by atoms with Crippen LogP contribution in [0.4, 0.5) is 0 Å². The molecule has 0 aromatic carbocycles. The van der Waals surface area contributed by atoms with Gasteiger partial charge in [-0.1, -0.05) is 12.2 Å². The van der Waals surface area contributed by atoms with Crippen LogP contribution < -0.4 is 0 Å². The van der Waals surface area contributed by atoms with E-state index in [1.165, 1.54) is 6.16 Å². The first-order valence-corrected chi connectivity index (χ1v) is 4.18. The van der Waals surface area contributed by atoms with Crippen molar-refractivity contribution in [2.75, 3.05) is 12.8 Å². The second-order valence-electron chi connectivity index (χ2n) is 1.06. The maximum absolute atomic E-state index is 4.60. The zero-order valence-electron chi connectivity index (χ0n) is 3.90. The molecule has 0 aliphatic carbocycles. The molecule has 0 aliphatic heterocycles. The van der Waals surface area contributed by atoms with Crippen molar-refractivity contribution in [1.82, 2.24) is 0 Å². The van der Waals surface area contributed by atoms with Crippen LogP contribution in [0.3, 0.4) is 0 Å². The summed E-state index contributed by atoms with van der Waals surface area (Å²) in [5.41, 5.74) is 0. The SMILES string of the molecule is CPCCC=S. The summed E-state index contributed by atoms with van der Waals surface area (Å²) in [5.74, 6) is 0. The van der Waals surface area contributed by atoms with Gasteiger partial charge in [-0.3, -0.25) is 0 Å². The summed E-state index contributed by atoms with van der Waals surface area (Å²) in [7, 11) is 1.07. The van der Waals surface area contributed by atoms with E-state index in [-0.39, 0.29) is 0 Å². The highest BCUT2D eigenvalue weighted by Crippen LogP contribution is 2.00. The molecule has 0 saturated carbocycles. The molecule has 0 bridgehead atoms. The monoisotopic (exact) mass is 120 g/mol. The second-order valence-corrected chi connectivity index (χ2v) is 2.60. The van der Waals surface area contributed by atoms with Crippen molar-refractivity contribution in [1.29, 1.82) is 0 Å². The van der Waals surface area contributed by atoms with Crippen LogP contribution in [0, 0.1) is 0 Å². The van der Waals surface area contributed by atoms with Crippen LogP contribution in [0.2, 0.25) is 0 Å². The van der Waals surface area contributed by atoms with Crippen molar-refractivity contribution in [3.63, 3.8) is 0 Å². The van der Waals surface area contributed by atoms with Gasteiger partial charge in [-0.2, -0.15) is 0 Å². The predicted octanol–water partition coefficient (Wildman–Crippen LogP) is 1.68. The largest absolute Gasteiger partial charge is 0.125 e. The zero-order valence-corrected chi connectivity index (χ0v) is 5.72. The maximum atomic E-state index is 4.60. The lowest BCUT2D eigenvalue weighted by molar-refractivity contribution is 1.37. The molecule has 0 aromatic rings. The topological polar surface area (TPSA) is 0 Å². The standard InChI is InChI=1S/C4H9PS/c1-5-3-2-4-6/h4-5H,2-3H2,1H3. The van der Waals surface area contributed by atoms with Gasteiger partial charge in [0.05, 0.1) is 0 Å². The number of thiocarbonyl (C=S) groups is 1. The van der Waals surface area contributed by atoms with Crippen LogP contribution in [-0.2, 0) is 0 Å². The fourth-order valence-electron chi connectivity index (χ4n) is 0.203. The van der Waals surface area contributed by atoms with E-state index in [0.29, 0.717) is 0 Å². The van der Waals surface area contributed by atoms with E-state index in [2.05, 4.69) is 18.9 Å². The summed E-state index contributed by atoms with van der Waals surface area (Å²) in [6, 6.07) is 0. The van der Waals surface area contributed by atoms with Gasteiger partial charge >= 0.3 is 0 Å². The molecule has 6 heavy (non-hydrogen) atoms. The molecule has 1 unspecified atom stereocenters. The normalized spacial score (nSPS) is 10.2. The van der Waals surface area contributed by atoms with Crippen LogP contribution in [0.5, 0.6) is 0 Å². The molecule has 0 saturated heterocycles. The Morgan fingerprint density at radius 3 is 2.67 bits per heavy atom. The third-order valence-corrected chi connectivity index (χ3v) is 1.54. The quantitative estimate of drug-likeness (QED) is 0.310. The lowest BCUT2D eigenvalue weighted by Crippen LogP contribution is -1.70. The van der Waals surface area contributed by atoms with Crippen molar-refractivity contribution in [3.8, 4) is 0 Å². The number of rotatable bonds is 3. The minimum absolute atomic E-state index is 1.07. The summed E-state index contributed by atoms with van der Waals surface area (Å²) < 4.78 is 0. The first-order valence-electron chi connectivity index (χ1n) is 2.00. The predicted molar refractivity (Wildman–Crippen MR) is 37.4 cm³/mol. The van der Waals surface area contributed by atoms with E-state index in [1.807, 2.05) is 0 Å². The molecule has 0 fully saturated rings. The molecule has 2 heteroatoms. The Bertz CT molecular complexity index is 36.5. The minimum atomic E-state index is 1.07. The first kappa shape index (κ1) is 6.52. The Labute approximate surface area is 46.1 Å². The van der Waals surface area contributed by atoms with Crippen molar-refractivity contribution >= 4 is 26.2 Å². The van der Waals surface area contributed by atoms with Gasteiger partial charge in [0.2, 0.25) is 0 Å². The van der Waals surface area contributed by atoms with Crippen LogP contribution in [0.15, 0.2) is 0 Å². The van der Waals surface area contributed by atoms with Crippen molar-refractivity contribution < 1.29 is 0 Å². The Morgan fingerprint density at radius 1 is 1.83 bits per heavy atom. The maximum Gasteiger partial charge on any atom is -0.0207 e. The molecular formula is C4H9PS. The molecule has 0 rings (SSSR count). The third-order valence-electron chi connectivity index (χ3n) is 0.512. The smallest absolute Gasteiger partial charge is 0.0207 e. The summed E-state index contributed by atoms with van der Waals surface area (Å²) >= 11 is 4.60. The Balaban J connectivity index is 2.49. The summed E-state index contributed by atoms with van der Waals surface area (Å²) in [4.78, 5) is 0. The van der Waals surface area contributed by atoms with Gasteiger partial charge in [-0.15, -0.1) is 8.58 Å². The van der Waals surface area contributed by atoms with E-state index in [9.17, 15) is 0 Å². The van der Waals surface area contributed by atoms with E-state index >= 15 is 0 Å². The first-order chi connectivity index (χ1) is 2.91. The third kappa shape index (κ3) is 4.52. The molecule has 0 N–H and O–H groups in total. The molecule has 0 spiro atoms. The van der Waals surface area contributed by atoms with Gasteiger partial charge in [0.1, 0.15) is 0 Å². The molecule has 0 amide bonds. The molecule has 0 radical (unpaired) electrons. The van der Waals surface area contributed by atoms with E-state index < -0.39 is 0 Å². The number of hydrogen-bond acceptors (Lipinski definition) is 1. The van der Waals surface area contributed by atoms with Crippen LogP contribution >= 0.6 is 20.8 Å². The molecular weight excluding hydrogens is 111 g/mol. The summed E-state index contributed by atoms with van der Waals surface area (Å²) in [6.07, 6.45) is 2.40. The summed E-state index contributed by atoms with van der Waals surface area (Å²) in [6.45, 7) is 2.19. The van der Waals surface area contributed by atoms with Crippen LogP contribution in [0.1, 0.15) is 6.42 Å². The fraction of sp³-hybridized carbons (Fsp3) is 0.750. The minimum Gasteiger partial charge on any atom is -0.125 e. The van der Waals surface area contributed by atoms with Gasteiger partial charge in [0.15, 0.2) is 0 Å². The van der Waals surface area contributed by atoms with Crippen LogP contribution in [0.25, 0.3) is 0 Å². The van der Waals surface area contributed by atoms with E-state index in [4.69, 9.17) is 0 Å². The Hall–Kier alpha value is 0.520. The van der Waals surface area contributed by atoms with Crippen molar-refractivity contribution in [2.24, 2.45) is 0 Å². The lowest BCUT2D eigenvalue weighted by atomic mass is 10.6. The number of hydrogen-bond donors (Lipinski definition) is 0. The molecule has 0 nitrogen and oxygen atoms in total.